The molecule has 8 heteroatoms. The van der Waals surface area contributed by atoms with Crippen LogP contribution in [0.5, 0.6) is 0 Å². The van der Waals surface area contributed by atoms with Crippen LogP contribution in [0, 0.1) is 5.82 Å². The van der Waals surface area contributed by atoms with Gasteiger partial charge in [0.15, 0.2) is 0 Å². The lowest BCUT2D eigenvalue weighted by molar-refractivity contribution is -0.122. The van der Waals surface area contributed by atoms with Crippen LogP contribution in [0.2, 0.25) is 5.02 Å². The summed E-state index contributed by atoms with van der Waals surface area (Å²) >= 11 is 5.81. The van der Waals surface area contributed by atoms with E-state index >= 15 is 0 Å². The van der Waals surface area contributed by atoms with Crippen molar-refractivity contribution >= 4 is 17.5 Å². The Bertz CT molecular complexity index is 832. The molecule has 1 amide bonds. The van der Waals surface area contributed by atoms with Gasteiger partial charge in [-0.3, -0.25) is 4.79 Å². The van der Waals surface area contributed by atoms with E-state index in [0.717, 1.165) is 5.56 Å². The summed E-state index contributed by atoms with van der Waals surface area (Å²) in [5, 5.41) is 15.2. The highest BCUT2D eigenvalue weighted by atomic mass is 35.5. The summed E-state index contributed by atoms with van der Waals surface area (Å²) in [6.45, 7) is 0.331. The number of nitrogens with one attached hydrogen (secondary N) is 1. The Morgan fingerprint density at radius 3 is 2.54 bits per heavy atom. The van der Waals surface area contributed by atoms with Crippen LogP contribution in [0.4, 0.5) is 4.39 Å². The molecule has 3 aromatic rings. The van der Waals surface area contributed by atoms with Gasteiger partial charge < -0.3 is 5.32 Å². The van der Waals surface area contributed by atoms with Gasteiger partial charge in [-0.25, -0.2) is 4.39 Å². The van der Waals surface area contributed by atoms with Crippen LogP contribution in [0.1, 0.15) is 5.56 Å². The molecule has 3 rings (SSSR count). The number of hydrogen-bond acceptors (Lipinski definition) is 4. The minimum absolute atomic E-state index is 0.0538. The molecule has 0 aliphatic rings. The summed E-state index contributed by atoms with van der Waals surface area (Å²) < 4.78 is 12.9. The van der Waals surface area contributed by atoms with E-state index in [1.807, 2.05) is 12.1 Å². The molecule has 1 N–H and O–H groups in total. The molecule has 2 aromatic carbocycles. The summed E-state index contributed by atoms with van der Waals surface area (Å²) in [6.07, 6.45) is 0. The van der Waals surface area contributed by atoms with Crippen molar-refractivity contribution in [1.29, 1.82) is 0 Å². The van der Waals surface area contributed by atoms with Crippen molar-refractivity contribution in [3.05, 3.63) is 64.9 Å². The molecule has 0 spiro atoms. The molecule has 122 valence electrons. The van der Waals surface area contributed by atoms with E-state index in [-0.39, 0.29) is 18.3 Å². The minimum atomic E-state index is -0.340. The monoisotopic (exact) mass is 345 g/mol. The summed E-state index contributed by atoms with van der Waals surface area (Å²) in [5.41, 5.74) is 1.57. The number of halogens is 2. The zero-order valence-electron chi connectivity index (χ0n) is 12.5. The van der Waals surface area contributed by atoms with E-state index in [1.165, 1.54) is 16.9 Å². The Labute approximate surface area is 142 Å². The van der Waals surface area contributed by atoms with Crippen molar-refractivity contribution < 1.29 is 9.18 Å². The molecular weight excluding hydrogens is 333 g/mol. The smallest absolute Gasteiger partial charge is 0.243 e. The Hall–Kier alpha value is -2.80. The maximum Gasteiger partial charge on any atom is 0.243 e. The number of carbonyl (C=O) groups excluding carboxylic acids is 1. The van der Waals surface area contributed by atoms with Crippen LogP contribution in [-0.2, 0) is 17.9 Å². The predicted octanol–water partition coefficient (Wildman–Crippen LogP) is 2.45. The number of rotatable bonds is 5. The lowest BCUT2D eigenvalue weighted by atomic mass is 10.2. The van der Waals surface area contributed by atoms with Crippen molar-refractivity contribution in [2.45, 2.75) is 13.1 Å². The molecule has 1 heterocycles. The second kappa shape index (κ2) is 7.18. The van der Waals surface area contributed by atoms with Crippen molar-refractivity contribution in [1.82, 2.24) is 25.5 Å². The van der Waals surface area contributed by atoms with Crippen LogP contribution in [0.25, 0.3) is 11.4 Å². The molecule has 0 unspecified atom stereocenters. The van der Waals surface area contributed by atoms with E-state index in [0.29, 0.717) is 23.0 Å². The first-order chi connectivity index (χ1) is 11.6. The molecule has 0 atom stereocenters. The van der Waals surface area contributed by atoms with Crippen LogP contribution < -0.4 is 5.32 Å². The van der Waals surface area contributed by atoms with Gasteiger partial charge in [0.1, 0.15) is 12.4 Å². The quantitative estimate of drug-likeness (QED) is 0.771. The number of tetrazole rings is 1. The SMILES string of the molecule is O=C(Cn1nnc(-c2ccc(F)cc2)n1)NCc1ccc(Cl)cc1. The molecule has 0 saturated carbocycles. The molecule has 0 fully saturated rings. The summed E-state index contributed by atoms with van der Waals surface area (Å²) in [7, 11) is 0. The lowest BCUT2D eigenvalue weighted by Crippen LogP contribution is -2.28. The molecule has 0 aliphatic heterocycles. The number of benzene rings is 2. The minimum Gasteiger partial charge on any atom is -0.350 e. The molecule has 0 radical (unpaired) electrons. The highest BCUT2D eigenvalue weighted by Gasteiger charge is 2.09. The van der Waals surface area contributed by atoms with Crippen LogP contribution in [-0.4, -0.2) is 26.1 Å². The highest BCUT2D eigenvalue weighted by molar-refractivity contribution is 6.30. The third-order valence-electron chi connectivity index (χ3n) is 3.24. The van der Waals surface area contributed by atoms with E-state index < -0.39 is 0 Å². The van der Waals surface area contributed by atoms with E-state index in [2.05, 4.69) is 20.7 Å². The number of carbonyl (C=O) groups is 1. The predicted molar refractivity (Wildman–Crippen MR) is 86.5 cm³/mol. The fraction of sp³-hybridized carbons (Fsp3) is 0.125. The number of aromatic nitrogens is 4. The van der Waals surface area contributed by atoms with Gasteiger partial charge in [-0.1, -0.05) is 23.7 Å². The largest absolute Gasteiger partial charge is 0.350 e. The van der Waals surface area contributed by atoms with Gasteiger partial charge in [0.2, 0.25) is 11.7 Å². The van der Waals surface area contributed by atoms with Crippen molar-refractivity contribution in [3.8, 4) is 11.4 Å². The van der Waals surface area contributed by atoms with Gasteiger partial charge >= 0.3 is 0 Å². The Morgan fingerprint density at radius 1 is 1.12 bits per heavy atom. The van der Waals surface area contributed by atoms with Gasteiger partial charge in [-0.15, -0.1) is 10.2 Å². The number of hydrogen-bond donors (Lipinski definition) is 1. The van der Waals surface area contributed by atoms with E-state index in [1.54, 1.807) is 24.3 Å². The highest BCUT2D eigenvalue weighted by Crippen LogP contribution is 2.13. The molecule has 0 bridgehead atoms. The number of amides is 1. The molecule has 6 nitrogen and oxygen atoms in total. The van der Waals surface area contributed by atoms with Crippen molar-refractivity contribution in [3.63, 3.8) is 0 Å². The van der Waals surface area contributed by atoms with Crippen molar-refractivity contribution in [2.75, 3.05) is 0 Å². The molecule has 24 heavy (non-hydrogen) atoms. The molecule has 0 saturated heterocycles. The number of nitrogens with zero attached hydrogens (tertiary/aromatic N) is 4. The maximum absolute atomic E-state index is 12.9. The van der Waals surface area contributed by atoms with Gasteiger partial charge in [0.25, 0.3) is 0 Å². The fourth-order valence-corrected chi connectivity index (χ4v) is 2.14. The maximum atomic E-state index is 12.9. The molecular formula is C16H13ClFN5O. The van der Waals surface area contributed by atoms with E-state index in [9.17, 15) is 9.18 Å². The molecule has 1 aromatic heterocycles. The Morgan fingerprint density at radius 2 is 1.83 bits per heavy atom. The lowest BCUT2D eigenvalue weighted by Gasteiger charge is -2.04. The van der Waals surface area contributed by atoms with Gasteiger partial charge in [0.05, 0.1) is 0 Å². The average molecular weight is 346 g/mol. The zero-order valence-corrected chi connectivity index (χ0v) is 13.2. The summed E-state index contributed by atoms with van der Waals surface area (Å²) in [5.74, 6) is -0.249. The molecule has 0 aliphatic carbocycles. The van der Waals surface area contributed by atoms with Crippen molar-refractivity contribution in [2.24, 2.45) is 0 Å². The summed E-state index contributed by atoms with van der Waals surface area (Å²) in [6, 6.07) is 12.9. The average Bonchev–Trinajstić information content (AvgIpc) is 3.03. The first-order valence-electron chi connectivity index (χ1n) is 7.15. The zero-order chi connectivity index (χ0) is 16.9. The topological polar surface area (TPSA) is 72.7 Å². The van der Waals surface area contributed by atoms with Crippen LogP contribution >= 0.6 is 11.6 Å². The second-order valence-electron chi connectivity index (χ2n) is 5.05. The third kappa shape index (κ3) is 4.14. The second-order valence-corrected chi connectivity index (χ2v) is 5.49. The Kier molecular flexibility index (Phi) is 4.81. The summed E-state index contributed by atoms with van der Waals surface area (Å²) in [4.78, 5) is 13.1. The van der Waals surface area contributed by atoms with E-state index in [4.69, 9.17) is 11.6 Å². The standard InChI is InChI=1S/C16H13ClFN5O/c17-13-5-1-11(2-6-13)9-19-15(24)10-23-21-16(20-22-23)12-3-7-14(18)8-4-12/h1-8H,9-10H2,(H,19,24). The van der Waals surface area contributed by atoms with Gasteiger partial charge in [-0.05, 0) is 47.2 Å². The van der Waals surface area contributed by atoms with Gasteiger partial charge in [0, 0.05) is 17.1 Å². The van der Waals surface area contributed by atoms with Gasteiger partial charge in [-0.2, -0.15) is 4.80 Å². The van der Waals surface area contributed by atoms with Crippen LogP contribution in [0.3, 0.4) is 0 Å². The Balaban J connectivity index is 1.57. The van der Waals surface area contributed by atoms with Crippen LogP contribution in [0.15, 0.2) is 48.5 Å². The fourth-order valence-electron chi connectivity index (χ4n) is 2.01. The first-order valence-corrected chi connectivity index (χ1v) is 7.53. The first kappa shape index (κ1) is 16.1. The third-order valence-corrected chi connectivity index (χ3v) is 3.50. The normalized spacial score (nSPS) is 10.6.